The molecule has 0 fully saturated rings. The standard InChI is InChI=1S/C15H14BrCl/c1-10-3-4-13(9-11(10)2)15(16)12-5-7-14(17)8-6-12/h3-9,15H,1-2H3. The quantitative estimate of drug-likeness (QED) is 0.648. The number of aryl methyl sites for hydroxylation is 2. The van der Waals surface area contributed by atoms with E-state index in [0.717, 1.165) is 5.02 Å². The molecule has 1 unspecified atom stereocenters. The molecule has 0 saturated heterocycles. The minimum Gasteiger partial charge on any atom is -0.0843 e. The van der Waals surface area contributed by atoms with Crippen LogP contribution in [-0.4, -0.2) is 0 Å². The molecule has 0 N–H and O–H groups in total. The van der Waals surface area contributed by atoms with Gasteiger partial charge >= 0.3 is 0 Å². The molecule has 0 bridgehead atoms. The number of halogens is 2. The molecule has 2 aromatic carbocycles. The summed E-state index contributed by atoms with van der Waals surface area (Å²) in [4.78, 5) is 0.221. The Morgan fingerprint density at radius 2 is 1.47 bits per heavy atom. The fraction of sp³-hybridized carbons (Fsp3) is 0.200. The van der Waals surface area contributed by atoms with E-state index in [9.17, 15) is 0 Å². The van der Waals surface area contributed by atoms with Crippen LogP contribution in [0.1, 0.15) is 27.1 Å². The van der Waals surface area contributed by atoms with Crippen molar-refractivity contribution in [1.29, 1.82) is 0 Å². The molecule has 2 heteroatoms. The van der Waals surface area contributed by atoms with Crippen LogP contribution in [0.4, 0.5) is 0 Å². The van der Waals surface area contributed by atoms with Gasteiger partial charge in [0.2, 0.25) is 0 Å². The number of hydrogen-bond acceptors (Lipinski definition) is 0. The monoisotopic (exact) mass is 308 g/mol. The topological polar surface area (TPSA) is 0 Å². The van der Waals surface area contributed by atoms with Crippen LogP contribution < -0.4 is 0 Å². The average molecular weight is 310 g/mol. The Bertz CT molecular complexity index is 517. The summed E-state index contributed by atoms with van der Waals surface area (Å²) in [6.45, 7) is 4.27. The highest BCUT2D eigenvalue weighted by Crippen LogP contribution is 2.32. The van der Waals surface area contributed by atoms with Gasteiger partial charge in [0.15, 0.2) is 0 Å². The molecular weight excluding hydrogens is 296 g/mol. The largest absolute Gasteiger partial charge is 0.0843 e. The minimum absolute atomic E-state index is 0.221. The Morgan fingerprint density at radius 1 is 0.882 bits per heavy atom. The van der Waals surface area contributed by atoms with Crippen molar-refractivity contribution in [2.24, 2.45) is 0 Å². The first-order valence-corrected chi connectivity index (χ1v) is 6.84. The lowest BCUT2D eigenvalue weighted by atomic mass is 10.0. The Hall–Kier alpha value is -0.790. The molecule has 2 rings (SSSR count). The molecular formula is C15H14BrCl. The van der Waals surface area contributed by atoms with Crippen LogP contribution in [0.25, 0.3) is 0 Å². The summed E-state index contributed by atoms with van der Waals surface area (Å²) in [7, 11) is 0. The van der Waals surface area contributed by atoms with Gasteiger partial charge < -0.3 is 0 Å². The van der Waals surface area contributed by atoms with Crippen LogP contribution in [-0.2, 0) is 0 Å². The summed E-state index contributed by atoms with van der Waals surface area (Å²) < 4.78 is 0. The van der Waals surface area contributed by atoms with Crippen LogP contribution in [0.2, 0.25) is 5.02 Å². The first-order chi connectivity index (χ1) is 8.08. The van der Waals surface area contributed by atoms with Gasteiger partial charge in [-0.25, -0.2) is 0 Å². The molecule has 2 aromatic rings. The van der Waals surface area contributed by atoms with E-state index in [-0.39, 0.29) is 4.83 Å². The van der Waals surface area contributed by atoms with Gasteiger partial charge in [0.1, 0.15) is 0 Å². The van der Waals surface area contributed by atoms with Gasteiger partial charge in [0, 0.05) is 5.02 Å². The second kappa shape index (κ2) is 5.24. The normalized spacial score (nSPS) is 12.5. The van der Waals surface area contributed by atoms with E-state index in [0.29, 0.717) is 0 Å². The third-order valence-corrected chi connectivity index (χ3v) is 4.30. The van der Waals surface area contributed by atoms with E-state index in [1.807, 2.05) is 12.1 Å². The predicted octanol–water partition coefficient (Wildman–Crippen LogP) is 5.44. The van der Waals surface area contributed by atoms with Gasteiger partial charge in [-0.15, -0.1) is 0 Å². The summed E-state index contributed by atoms with van der Waals surface area (Å²) >= 11 is 9.63. The number of benzene rings is 2. The molecule has 0 saturated carbocycles. The van der Waals surface area contributed by atoms with E-state index in [1.54, 1.807) is 0 Å². The van der Waals surface area contributed by atoms with Crippen LogP contribution in [0, 0.1) is 13.8 Å². The molecule has 0 aliphatic heterocycles. The molecule has 0 radical (unpaired) electrons. The maximum absolute atomic E-state index is 5.89. The fourth-order valence-electron chi connectivity index (χ4n) is 1.75. The number of rotatable bonds is 2. The number of alkyl halides is 1. The van der Waals surface area contributed by atoms with Gasteiger partial charge in [-0.05, 0) is 48.2 Å². The van der Waals surface area contributed by atoms with Crippen molar-refractivity contribution in [3.63, 3.8) is 0 Å². The van der Waals surface area contributed by atoms with Crippen LogP contribution in [0.3, 0.4) is 0 Å². The Labute approximate surface area is 116 Å². The minimum atomic E-state index is 0.221. The van der Waals surface area contributed by atoms with Crippen molar-refractivity contribution >= 4 is 27.5 Å². The van der Waals surface area contributed by atoms with E-state index in [2.05, 4.69) is 60.1 Å². The van der Waals surface area contributed by atoms with E-state index >= 15 is 0 Å². The predicted molar refractivity (Wildman–Crippen MR) is 78.1 cm³/mol. The summed E-state index contributed by atoms with van der Waals surface area (Å²) in [5.74, 6) is 0. The third-order valence-electron chi connectivity index (χ3n) is 2.99. The summed E-state index contributed by atoms with van der Waals surface area (Å²) in [5, 5.41) is 0.772. The lowest BCUT2D eigenvalue weighted by Gasteiger charge is -2.12. The lowest BCUT2D eigenvalue weighted by Crippen LogP contribution is -1.94. The van der Waals surface area contributed by atoms with Crippen LogP contribution in [0.15, 0.2) is 42.5 Å². The molecule has 88 valence electrons. The fourth-order valence-corrected chi connectivity index (χ4v) is 2.46. The molecule has 17 heavy (non-hydrogen) atoms. The zero-order chi connectivity index (χ0) is 12.4. The molecule has 1 atom stereocenters. The smallest absolute Gasteiger partial charge is 0.0644 e. The zero-order valence-corrected chi connectivity index (χ0v) is 12.2. The third kappa shape index (κ3) is 2.91. The van der Waals surface area contributed by atoms with Gasteiger partial charge in [-0.3, -0.25) is 0 Å². The molecule has 0 spiro atoms. The van der Waals surface area contributed by atoms with E-state index in [4.69, 9.17) is 11.6 Å². The highest BCUT2D eigenvalue weighted by Gasteiger charge is 2.10. The van der Waals surface area contributed by atoms with Crippen LogP contribution in [0.5, 0.6) is 0 Å². The average Bonchev–Trinajstić information content (AvgIpc) is 2.33. The number of hydrogen-bond donors (Lipinski definition) is 0. The molecule has 0 amide bonds. The Kier molecular flexibility index (Phi) is 3.90. The summed E-state index contributed by atoms with van der Waals surface area (Å²) in [5.41, 5.74) is 5.14. The van der Waals surface area contributed by atoms with Crippen molar-refractivity contribution in [3.8, 4) is 0 Å². The van der Waals surface area contributed by atoms with Gasteiger partial charge in [-0.2, -0.15) is 0 Å². The Morgan fingerprint density at radius 3 is 2.06 bits per heavy atom. The van der Waals surface area contributed by atoms with Crippen LogP contribution >= 0.6 is 27.5 Å². The van der Waals surface area contributed by atoms with Crippen molar-refractivity contribution in [2.45, 2.75) is 18.7 Å². The van der Waals surface area contributed by atoms with Gasteiger partial charge in [0.05, 0.1) is 4.83 Å². The maximum atomic E-state index is 5.89. The summed E-state index contributed by atoms with van der Waals surface area (Å²) in [6.07, 6.45) is 0. The molecule has 0 aromatic heterocycles. The first-order valence-electron chi connectivity index (χ1n) is 5.54. The lowest BCUT2D eigenvalue weighted by molar-refractivity contribution is 1.16. The Balaban J connectivity index is 2.33. The highest BCUT2D eigenvalue weighted by atomic mass is 79.9. The maximum Gasteiger partial charge on any atom is 0.0644 e. The van der Waals surface area contributed by atoms with E-state index < -0.39 is 0 Å². The molecule has 0 aliphatic rings. The van der Waals surface area contributed by atoms with Gasteiger partial charge in [-0.1, -0.05) is 57.9 Å². The molecule has 0 heterocycles. The van der Waals surface area contributed by atoms with Gasteiger partial charge in [0.25, 0.3) is 0 Å². The van der Waals surface area contributed by atoms with Crippen molar-refractivity contribution < 1.29 is 0 Å². The second-order valence-corrected chi connectivity index (χ2v) is 5.61. The zero-order valence-electron chi connectivity index (χ0n) is 9.87. The van der Waals surface area contributed by atoms with Crippen molar-refractivity contribution in [1.82, 2.24) is 0 Å². The highest BCUT2D eigenvalue weighted by molar-refractivity contribution is 9.09. The summed E-state index contributed by atoms with van der Waals surface area (Å²) in [6, 6.07) is 14.5. The van der Waals surface area contributed by atoms with Crippen molar-refractivity contribution in [3.05, 3.63) is 69.7 Å². The van der Waals surface area contributed by atoms with Crippen molar-refractivity contribution in [2.75, 3.05) is 0 Å². The molecule has 0 nitrogen and oxygen atoms in total. The second-order valence-electron chi connectivity index (χ2n) is 4.26. The SMILES string of the molecule is Cc1ccc(C(Br)c2ccc(Cl)cc2)cc1C. The molecule has 0 aliphatic carbocycles. The van der Waals surface area contributed by atoms with E-state index in [1.165, 1.54) is 22.3 Å². The first kappa shape index (κ1) is 12.7.